The predicted molar refractivity (Wildman–Crippen MR) is 138 cm³/mol. The minimum absolute atomic E-state index is 0.212. The second kappa shape index (κ2) is 13.3. The molecule has 3 aromatic rings. The van der Waals surface area contributed by atoms with Gasteiger partial charge in [0.15, 0.2) is 6.61 Å². The third kappa shape index (κ3) is 7.98. The topological polar surface area (TPSA) is 118 Å². The van der Waals surface area contributed by atoms with Gasteiger partial charge in [-0.15, -0.1) is 0 Å². The number of nitrogens with zero attached hydrogens (tertiary/aromatic N) is 1. The van der Waals surface area contributed by atoms with E-state index in [-0.39, 0.29) is 12.5 Å². The zero-order chi connectivity index (χ0) is 25.8. The van der Waals surface area contributed by atoms with Crippen LogP contribution in [0.25, 0.3) is 0 Å². The quantitative estimate of drug-likeness (QED) is 0.227. The van der Waals surface area contributed by atoms with Crippen molar-refractivity contribution in [3.05, 3.63) is 83.9 Å². The van der Waals surface area contributed by atoms with Crippen molar-refractivity contribution < 1.29 is 23.9 Å². The second-order valence-corrected chi connectivity index (χ2v) is 7.72. The van der Waals surface area contributed by atoms with Crippen LogP contribution in [0, 0.1) is 6.92 Å². The summed E-state index contributed by atoms with van der Waals surface area (Å²) in [4.78, 5) is 36.5. The van der Waals surface area contributed by atoms with Gasteiger partial charge in [0.2, 0.25) is 0 Å². The molecule has 3 amide bonds. The van der Waals surface area contributed by atoms with Crippen molar-refractivity contribution in [3.63, 3.8) is 0 Å². The summed E-state index contributed by atoms with van der Waals surface area (Å²) < 4.78 is 11.1. The largest absolute Gasteiger partial charge is 0.494 e. The molecule has 0 spiro atoms. The number of rotatable bonds is 10. The molecule has 9 heteroatoms. The molecule has 9 nitrogen and oxygen atoms in total. The Bertz CT molecular complexity index is 1220. The number of hydrogen-bond donors (Lipinski definition) is 3. The zero-order valence-corrected chi connectivity index (χ0v) is 20.1. The third-order valence-corrected chi connectivity index (χ3v) is 4.86. The molecule has 3 N–H and O–H groups in total. The van der Waals surface area contributed by atoms with E-state index >= 15 is 0 Å². The van der Waals surface area contributed by atoms with Gasteiger partial charge in [-0.25, -0.2) is 5.43 Å². The van der Waals surface area contributed by atoms with Gasteiger partial charge in [-0.2, -0.15) is 5.10 Å². The highest BCUT2D eigenvalue weighted by Crippen LogP contribution is 2.17. The van der Waals surface area contributed by atoms with Crippen LogP contribution in [0.15, 0.2) is 77.9 Å². The fourth-order valence-electron chi connectivity index (χ4n) is 3.01. The lowest BCUT2D eigenvalue weighted by atomic mass is 10.2. The molecule has 3 aromatic carbocycles. The molecule has 3 rings (SSSR count). The van der Waals surface area contributed by atoms with Crippen molar-refractivity contribution in [1.82, 2.24) is 5.43 Å². The number of carbonyl (C=O) groups is 3. The summed E-state index contributed by atoms with van der Waals surface area (Å²) in [5.41, 5.74) is 4.80. The number of para-hydroxylation sites is 2. The fraction of sp³-hybridized carbons (Fsp3) is 0.185. The lowest BCUT2D eigenvalue weighted by molar-refractivity contribution is -0.136. The van der Waals surface area contributed by atoms with Gasteiger partial charge >= 0.3 is 11.8 Å². The molecule has 0 saturated carbocycles. The van der Waals surface area contributed by atoms with E-state index in [0.717, 1.165) is 12.0 Å². The average Bonchev–Trinajstić information content (AvgIpc) is 2.89. The van der Waals surface area contributed by atoms with Gasteiger partial charge in [-0.05, 0) is 61.4 Å². The molecule has 0 bridgehead atoms. The van der Waals surface area contributed by atoms with Crippen LogP contribution in [0.4, 0.5) is 11.4 Å². The molecular formula is C27H28N4O5. The minimum Gasteiger partial charge on any atom is -0.494 e. The lowest BCUT2D eigenvalue weighted by Crippen LogP contribution is -2.32. The van der Waals surface area contributed by atoms with Crippen LogP contribution < -0.4 is 25.5 Å². The van der Waals surface area contributed by atoms with Gasteiger partial charge in [-0.3, -0.25) is 14.4 Å². The number of aryl methyl sites for hydroxylation is 1. The van der Waals surface area contributed by atoms with Crippen LogP contribution in [0.1, 0.15) is 24.5 Å². The van der Waals surface area contributed by atoms with Gasteiger partial charge in [0.05, 0.1) is 12.8 Å². The SMILES string of the molecule is CCCOc1ccc(NC(=O)C(=O)N/N=C\c2ccccc2OCC(=O)Nc2ccccc2C)cc1. The normalized spacial score (nSPS) is 10.5. The summed E-state index contributed by atoms with van der Waals surface area (Å²) in [5.74, 6) is -1.05. The molecule has 0 radical (unpaired) electrons. The van der Waals surface area contributed by atoms with Crippen molar-refractivity contribution in [2.24, 2.45) is 5.10 Å². The number of hydrogen-bond acceptors (Lipinski definition) is 6. The molecule has 0 heterocycles. The Kier molecular flexibility index (Phi) is 9.58. The Hall–Kier alpha value is -4.66. The highest BCUT2D eigenvalue weighted by Gasteiger charge is 2.13. The van der Waals surface area contributed by atoms with Crippen LogP contribution in [0.5, 0.6) is 11.5 Å². The van der Waals surface area contributed by atoms with E-state index in [0.29, 0.717) is 35.0 Å². The van der Waals surface area contributed by atoms with Crippen molar-refractivity contribution in [1.29, 1.82) is 0 Å². The first-order valence-corrected chi connectivity index (χ1v) is 11.4. The Morgan fingerprint density at radius 3 is 2.33 bits per heavy atom. The summed E-state index contributed by atoms with van der Waals surface area (Å²) >= 11 is 0. The predicted octanol–water partition coefficient (Wildman–Crippen LogP) is 3.89. The van der Waals surface area contributed by atoms with Crippen molar-refractivity contribution in [2.75, 3.05) is 23.8 Å². The van der Waals surface area contributed by atoms with E-state index in [1.807, 2.05) is 38.1 Å². The minimum atomic E-state index is -0.937. The standard InChI is InChI=1S/C27H28N4O5/c1-3-16-35-22-14-12-21(13-15-22)29-26(33)27(34)31-28-17-20-9-5-7-11-24(20)36-18-25(32)30-23-10-6-4-8-19(23)2/h4-15,17H,3,16,18H2,1-2H3,(H,29,33)(H,30,32)(H,31,34)/b28-17-. The fourth-order valence-corrected chi connectivity index (χ4v) is 3.01. The van der Waals surface area contributed by atoms with E-state index < -0.39 is 11.8 Å². The number of ether oxygens (including phenoxy) is 2. The number of hydrazone groups is 1. The molecule has 0 aliphatic rings. The highest BCUT2D eigenvalue weighted by atomic mass is 16.5. The van der Waals surface area contributed by atoms with Gasteiger partial charge in [0.25, 0.3) is 5.91 Å². The van der Waals surface area contributed by atoms with Crippen molar-refractivity contribution >= 4 is 35.3 Å². The molecule has 0 saturated heterocycles. The number of amides is 3. The maximum Gasteiger partial charge on any atom is 0.329 e. The first-order valence-electron chi connectivity index (χ1n) is 11.4. The summed E-state index contributed by atoms with van der Waals surface area (Å²) in [6.45, 7) is 4.29. The van der Waals surface area contributed by atoms with Crippen molar-refractivity contribution in [2.45, 2.75) is 20.3 Å². The van der Waals surface area contributed by atoms with Gasteiger partial charge < -0.3 is 20.1 Å². The first-order chi connectivity index (χ1) is 17.5. The Balaban J connectivity index is 1.50. The summed E-state index contributed by atoms with van der Waals surface area (Å²) in [5, 5.41) is 9.12. The number of anilines is 2. The Morgan fingerprint density at radius 1 is 0.861 bits per heavy atom. The van der Waals surface area contributed by atoms with E-state index in [2.05, 4.69) is 21.2 Å². The lowest BCUT2D eigenvalue weighted by Gasteiger charge is -2.11. The molecule has 0 fully saturated rings. The second-order valence-electron chi connectivity index (χ2n) is 7.72. The van der Waals surface area contributed by atoms with Crippen LogP contribution in [-0.2, 0) is 14.4 Å². The zero-order valence-electron chi connectivity index (χ0n) is 20.1. The maximum atomic E-state index is 12.3. The third-order valence-electron chi connectivity index (χ3n) is 4.86. The van der Waals surface area contributed by atoms with Crippen LogP contribution in [0.3, 0.4) is 0 Å². The number of carbonyl (C=O) groups excluding carboxylic acids is 3. The van der Waals surface area contributed by atoms with Crippen LogP contribution >= 0.6 is 0 Å². The van der Waals surface area contributed by atoms with E-state index in [9.17, 15) is 14.4 Å². The van der Waals surface area contributed by atoms with E-state index in [1.165, 1.54) is 6.21 Å². The molecule has 0 unspecified atom stereocenters. The number of nitrogens with one attached hydrogen (secondary N) is 3. The molecule has 0 aliphatic carbocycles. The van der Waals surface area contributed by atoms with Gasteiger partial charge in [0.1, 0.15) is 11.5 Å². The Labute approximate surface area is 209 Å². The summed E-state index contributed by atoms with van der Waals surface area (Å²) in [6, 6.07) is 21.0. The van der Waals surface area contributed by atoms with E-state index in [4.69, 9.17) is 9.47 Å². The summed E-state index contributed by atoms with van der Waals surface area (Å²) in [7, 11) is 0. The molecular weight excluding hydrogens is 460 g/mol. The molecule has 0 aliphatic heterocycles. The smallest absolute Gasteiger partial charge is 0.329 e. The first kappa shape index (κ1) is 26.0. The highest BCUT2D eigenvalue weighted by molar-refractivity contribution is 6.39. The average molecular weight is 489 g/mol. The van der Waals surface area contributed by atoms with Crippen LogP contribution in [0.2, 0.25) is 0 Å². The molecule has 0 aromatic heterocycles. The number of benzene rings is 3. The van der Waals surface area contributed by atoms with Gasteiger partial charge in [-0.1, -0.05) is 37.3 Å². The molecule has 186 valence electrons. The Morgan fingerprint density at radius 2 is 1.58 bits per heavy atom. The maximum absolute atomic E-state index is 12.3. The van der Waals surface area contributed by atoms with Crippen molar-refractivity contribution in [3.8, 4) is 11.5 Å². The molecule has 0 atom stereocenters. The van der Waals surface area contributed by atoms with Gasteiger partial charge in [0, 0.05) is 16.9 Å². The monoisotopic (exact) mass is 488 g/mol. The van der Waals surface area contributed by atoms with Crippen LogP contribution in [-0.4, -0.2) is 37.1 Å². The van der Waals surface area contributed by atoms with E-state index in [1.54, 1.807) is 48.5 Å². The molecule has 36 heavy (non-hydrogen) atoms. The summed E-state index contributed by atoms with van der Waals surface area (Å²) in [6.07, 6.45) is 2.22.